The Hall–Kier alpha value is -3.18. The van der Waals surface area contributed by atoms with E-state index in [0.717, 1.165) is 0 Å². The molecule has 11 nitrogen and oxygen atoms in total. The fourth-order valence-corrected chi connectivity index (χ4v) is 8.80. The number of carbonyl (C=O) groups excluding carboxylic acids is 4. The summed E-state index contributed by atoms with van der Waals surface area (Å²) in [6, 6.07) is 1.69. The van der Waals surface area contributed by atoms with E-state index in [1.165, 1.54) is 33.5 Å². The predicted molar refractivity (Wildman–Crippen MR) is 144 cm³/mol. The molecule has 230 valence electrons. The highest BCUT2D eigenvalue weighted by molar-refractivity contribution is 5.75. The number of rotatable bonds is 5. The van der Waals surface area contributed by atoms with Crippen molar-refractivity contribution in [3.63, 3.8) is 0 Å². The molecule has 5 rings (SSSR count). The van der Waals surface area contributed by atoms with Crippen LogP contribution in [0.5, 0.6) is 0 Å². The first kappa shape index (κ1) is 30.3. The third-order valence-electron chi connectivity index (χ3n) is 10.9. The summed E-state index contributed by atoms with van der Waals surface area (Å²) in [6.45, 7) is 14.4. The van der Waals surface area contributed by atoms with E-state index in [4.69, 9.17) is 28.1 Å². The third-order valence-corrected chi connectivity index (χ3v) is 10.9. The smallest absolute Gasteiger partial charge is 0.309 e. The SMILES string of the molecule is C=C1C23CC(=O)OC(c4ccoc4)C2(C)CC(OC(C)=O)C1(O)C1(C)C(CC(OC(C)=O)C(C)(C)C1CC(=O)OC)O3. The first-order valence-electron chi connectivity index (χ1n) is 14.2. The lowest BCUT2D eigenvalue weighted by molar-refractivity contribution is -0.366. The molecule has 1 N–H and O–H groups in total. The van der Waals surface area contributed by atoms with Gasteiger partial charge in [-0.15, -0.1) is 0 Å². The first-order valence-corrected chi connectivity index (χ1v) is 14.2. The number of aliphatic hydroxyl groups is 1. The maximum absolute atomic E-state index is 13.3. The highest BCUT2D eigenvalue weighted by atomic mass is 16.6. The van der Waals surface area contributed by atoms with Gasteiger partial charge in [0, 0.05) is 48.5 Å². The minimum atomic E-state index is -1.96. The van der Waals surface area contributed by atoms with E-state index in [1.807, 2.05) is 20.8 Å². The Morgan fingerprint density at radius 1 is 1.10 bits per heavy atom. The van der Waals surface area contributed by atoms with E-state index in [2.05, 4.69) is 6.58 Å². The van der Waals surface area contributed by atoms with Crippen LogP contribution < -0.4 is 0 Å². The summed E-state index contributed by atoms with van der Waals surface area (Å²) in [5, 5.41) is 13.2. The molecule has 11 heteroatoms. The lowest BCUT2D eigenvalue weighted by Crippen LogP contribution is -2.82. The monoisotopic (exact) mass is 588 g/mol. The van der Waals surface area contributed by atoms with Crippen molar-refractivity contribution in [1.29, 1.82) is 0 Å². The molecular weight excluding hydrogens is 548 g/mol. The second kappa shape index (κ2) is 9.67. The number of furan rings is 1. The van der Waals surface area contributed by atoms with Gasteiger partial charge in [0.25, 0.3) is 0 Å². The van der Waals surface area contributed by atoms with Gasteiger partial charge in [-0.05, 0) is 24.0 Å². The Labute approximate surface area is 244 Å². The number of ether oxygens (including phenoxy) is 5. The predicted octanol–water partition coefficient (Wildman–Crippen LogP) is 3.58. The minimum Gasteiger partial charge on any atom is -0.472 e. The second-order valence-electron chi connectivity index (χ2n) is 13.3. The Kier molecular flexibility index (Phi) is 6.97. The second-order valence-corrected chi connectivity index (χ2v) is 13.3. The summed E-state index contributed by atoms with van der Waals surface area (Å²) < 4.78 is 35.1. The van der Waals surface area contributed by atoms with Crippen molar-refractivity contribution >= 4 is 23.9 Å². The van der Waals surface area contributed by atoms with Crippen LogP contribution in [0.3, 0.4) is 0 Å². The van der Waals surface area contributed by atoms with Crippen molar-refractivity contribution in [2.75, 3.05) is 7.11 Å². The molecule has 2 saturated heterocycles. The molecule has 0 aromatic carbocycles. The molecule has 1 spiro atoms. The standard InChI is InChI=1S/C31H40O11/c1-16-30-14-25(35)41-26(19-9-10-38-15-19)28(30,6)13-23(40-18(3)33)31(16,36)29(7)20(11-24(34)37-8)27(4,5)21(39-17(2)32)12-22(29)42-30/h9-10,15,20-23,26,36H,1,11-14H2,2-8H3. The van der Waals surface area contributed by atoms with Crippen molar-refractivity contribution in [2.24, 2.45) is 22.2 Å². The highest BCUT2D eigenvalue weighted by Crippen LogP contribution is 2.73. The number of cyclic esters (lactones) is 1. The summed E-state index contributed by atoms with van der Waals surface area (Å²) in [5.41, 5.74) is -5.92. The quantitative estimate of drug-likeness (QED) is 0.306. The third kappa shape index (κ3) is 3.85. The average molecular weight is 589 g/mol. The van der Waals surface area contributed by atoms with Crippen LogP contribution in [0.15, 0.2) is 35.2 Å². The molecular formula is C31H40O11. The van der Waals surface area contributed by atoms with E-state index >= 15 is 0 Å². The van der Waals surface area contributed by atoms with E-state index in [-0.39, 0.29) is 31.3 Å². The average Bonchev–Trinajstić information content (AvgIpc) is 3.42. The van der Waals surface area contributed by atoms with Gasteiger partial charge in [-0.1, -0.05) is 34.3 Å². The Morgan fingerprint density at radius 3 is 2.31 bits per heavy atom. The van der Waals surface area contributed by atoms with Crippen LogP contribution >= 0.6 is 0 Å². The molecule has 3 heterocycles. The van der Waals surface area contributed by atoms with Crippen LogP contribution in [0.2, 0.25) is 0 Å². The van der Waals surface area contributed by atoms with Crippen molar-refractivity contribution in [3.05, 3.63) is 36.3 Å². The molecule has 4 fully saturated rings. The number of esters is 4. The molecule has 2 aliphatic heterocycles. The normalized spacial score (nSPS) is 42.0. The van der Waals surface area contributed by atoms with Crippen molar-refractivity contribution in [1.82, 2.24) is 0 Å². The van der Waals surface area contributed by atoms with Crippen LogP contribution in [-0.4, -0.2) is 65.6 Å². The van der Waals surface area contributed by atoms with Gasteiger partial charge in [-0.2, -0.15) is 0 Å². The minimum absolute atomic E-state index is 0.0479. The van der Waals surface area contributed by atoms with Gasteiger partial charge in [0.05, 0.1) is 32.2 Å². The number of carbonyl (C=O) groups is 4. The molecule has 1 aromatic heterocycles. The van der Waals surface area contributed by atoms with Crippen LogP contribution in [0.1, 0.15) is 78.9 Å². The molecule has 2 saturated carbocycles. The molecule has 9 atom stereocenters. The van der Waals surface area contributed by atoms with Crippen LogP contribution in [0.4, 0.5) is 0 Å². The molecule has 0 radical (unpaired) electrons. The van der Waals surface area contributed by atoms with Crippen LogP contribution in [-0.2, 0) is 42.9 Å². The van der Waals surface area contributed by atoms with Gasteiger partial charge >= 0.3 is 23.9 Å². The zero-order valence-corrected chi connectivity index (χ0v) is 25.2. The van der Waals surface area contributed by atoms with E-state index in [9.17, 15) is 24.3 Å². The zero-order valence-electron chi connectivity index (χ0n) is 25.2. The fourth-order valence-electron chi connectivity index (χ4n) is 8.80. The van der Waals surface area contributed by atoms with Gasteiger partial charge in [-0.25, -0.2) is 0 Å². The van der Waals surface area contributed by atoms with Crippen molar-refractivity contribution in [2.45, 2.75) is 103 Å². The topological polar surface area (TPSA) is 148 Å². The summed E-state index contributed by atoms with van der Waals surface area (Å²) in [7, 11) is 1.28. The highest BCUT2D eigenvalue weighted by Gasteiger charge is 2.81. The molecule has 1 aromatic rings. The van der Waals surface area contributed by atoms with Crippen molar-refractivity contribution in [3.8, 4) is 0 Å². The van der Waals surface area contributed by atoms with E-state index < -0.39 is 81.7 Å². The lowest BCUT2D eigenvalue weighted by Gasteiger charge is -2.74. The zero-order chi connectivity index (χ0) is 31.0. The number of methoxy groups -OCH3 is 1. The van der Waals surface area contributed by atoms with Gasteiger partial charge in [0.1, 0.15) is 29.5 Å². The summed E-state index contributed by atoms with van der Waals surface area (Å²) >= 11 is 0. The van der Waals surface area contributed by atoms with Gasteiger partial charge in [-0.3, -0.25) is 19.2 Å². The van der Waals surface area contributed by atoms with Crippen LogP contribution in [0.25, 0.3) is 0 Å². The molecule has 42 heavy (non-hydrogen) atoms. The van der Waals surface area contributed by atoms with Gasteiger partial charge in [0.2, 0.25) is 0 Å². The van der Waals surface area contributed by atoms with Gasteiger partial charge < -0.3 is 33.2 Å². The lowest BCUT2D eigenvalue weighted by atomic mass is 9.39. The number of hydrogen-bond donors (Lipinski definition) is 1. The maximum Gasteiger partial charge on any atom is 0.309 e. The molecule has 9 unspecified atom stereocenters. The number of fused-ring (bicyclic) bond motifs is 3. The first-order chi connectivity index (χ1) is 19.5. The maximum atomic E-state index is 13.3. The summed E-state index contributed by atoms with van der Waals surface area (Å²) in [6.07, 6.45) is -0.868. The largest absolute Gasteiger partial charge is 0.472 e. The number of hydrogen-bond acceptors (Lipinski definition) is 11. The fraction of sp³-hybridized carbons (Fsp3) is 0.677. The van der Waals surface area contributed by atoms with Gasteiger partial charge in [0.15, 0.2) is 0 Å². The van der Waals surface area contributed by atoms with Crippen LogP contribution in [0, 0.1) is 22.2 Å². The summed E-state index contributed by atoms with van der Waals surface area (Å²) in [4.78, 5) is 51.0. The van der Waals surface area contributed by atoms with E-state index in [0.29, 0.717) is 5.56 Å². The molecule has 0 amide bonds. The molecule has 2 aliphatic carbocycles. The molecule has 2 bridgehead atoms. The Morgan fingerprint density at radius 2 is 1.74 bits per heavy atom. The summed E-state index contributed by atoms with van der Waals surface area (Å²) in [5.74, 6) is -2.92. The van der Waals surface area contributed by atoms with E-state index in [1.54, 1.807) is 13.0 Å². The molecule has 4 aliphatic rings. The Balaban J connectivity index is 1.77. The van der Waals surface area contributed by atoms with Crippen molar-refractivity contribution < 1.29 is 52.4 Å². The Bertz CT molecular complexity index is 1320.